The van der Waals surface area contributed by atoms with Crippen molar-refractivity contribution in [3.63, 3.8) is 0 Å². The zero-order valence-electron chi connectivity index (χ0n) is 13.6. The summed E-state index contributed by atoms with van der Waals surface area (Å²) in [6.07, 6.45) is 1.67. The highest BCUT2D eigenvalue weighted by molar-refractivity contribution is 7.89. The van der Waals surface area contributed by atoms with Crippen LogP contribution in [0.3, 0.4) is 0 Å². The Balaban J connectivity index is 1.65. The third-order valence-electron chi connectivity index (χ3n) is 4.24. The Hall–Kier alpha value is -2.38. The zero-order chi connectivity index (χ0) is 17.9. The second kappa shape index (κ2) is 7.25. The minimum Gasteiger partial charge on any atom is -0.493 e. The molecule has 0 unspecified atom stereocenters. The fraction of sp³-hybridized carbons (Fsp3) is 0.278. The summed E-state index contributed by atoms with van der Waals surface area (Å²) in [4.78, 5) is 12.2. The molecule has 0 aliphatic carbocycles. The lowest BCUT2D eigenvalue weighted by atomic mass is 9.97. The number of fused-ring (bicyclic) bond motifs is 1. The van der Waals surface area contributed by atoms with Crippen LogP contribution in [0.1, 0.15) is 22.3 Å². The van der Waals surface area contributed by atoms with Crippen LogP contribution in [0.5, 0.6) is 5.75 Å². The molecule has 1 atom stereocenters. The van der Waals surface area contributed by atoms with Crippen LogP contribution in [0.15, 0.2) is 53.4 Å². The topological polar surface area (TPSA) is 98.5 Å². The number of amides is 1. The molecule has 132 valence electrons. The van der Waals surface area contributed by atoms with Crippen molar-refractivity contribution in [3.8, 4) is 5.75 Å². The number of nitrogens with one attached hydrogen (secondary N) is 1. The van der Waals surface area contributed by atoms with E-state index < -0.39 is 10.0 Å². The predicted molar refractivity (Wildman–Crippen MR) is 93.9 cm³/mol. The van der Waals surface area contributed by atoms with Crippen LogP contribution >= 0.6 is 0 Å². The quantitative estimate of drug-likeness (QED) is 0.867. The second-order valence-corrected chi connectivity index (χ2v) is 7.66. The van der Waals surface area contributed by atoms with Gasteiger partial charge in [0.15, 0.2) is 0 Å². The average molecular weight is 360 g/mol. The molecule has 7 heteroatoms. The van der Waals surface area contributed by atoms with Crippen LogP contribution in [0.2, 0.25) is 0 Å². The van der Waals surface area contributed by atoms with Crippen molar-refractivity contribution in [2.45, 2.75) is 17.7 Å². The SMILES string of the molecule is NS(=O)(=O)c1cccc(C(=O)NC[C@@H]2CCOc3ccccc3C2)c1. The molecule has 6 nitrogen and oxygen atoms in total. The van der Waals surface area contributed by atoms with E-state index in [0.29, 0.717) is 13.2 Å². The normalized spacial score (nSPS) is 17.1. The van der Waals surface area contributed by atoms with Gasteiger partial charge in [0.05, 0.1) is 11.5 Å². The van der Waals surface area contributed by atoms with Crippen LogP contribution in [0.4, 0.5) is 0 Å². The molecule has 1 amide bonds. The molecule has 0 saturated heterocycles. The van der Waals surface area contributed by atoms with Gasteiger partial charge in [0.1, 0.15) is 5.75 Å². The smallest absolute Gasteiger partial charge is 0.251 e. The number of para-hydroxylation sites is 1. The summed E-state index contributed by atoms with van der Waals surface area (Å²) < 4.78 is 28.5. The van der Waals surface area contributed by atoms with Crippen molar-refractivity contribution in [1.29, 1.82) is 0 Å². The zero-order valence-corrected chi connectivity index (χ0v) is 14.5. The van der Waals surface area contributed by atoms with E-state index in [2.05, 4.69) is 5.32 Å². The van der Waals surface area contributed by atoms with Gasteiger partial charge in [0.25, 0.3) is 5.91 Å². The first kappa shape index (κ1) is 17.4. The van der Waals surface area contributed by atoms with Gasteiger partial charge in [-0.1, -0.05) is 24.3 Å². The minimum absolute atomic E-state index is 0.0723. The van der Waals surface area contributed by atoms with Crippen LogP contribution in [0.25, 0.3) is 0 Å². The number of sulfonamides is 1. The van der Waals surface area contributed by atoms with E-state index in [-0.39, 0.29) is 22.3 Å². The number of hydrogen-bond acceptors (Lipinski definition) is 4. The van der Waals surface area contributed by atoms with Crippen molar-refractivity contribution in [1.82, 2.24) is 5.32 Å². The van der Waals surface area contributed by atoms with Crippen molar-refractivity contribution in [3.05, 3.63) is 59.7 Å². The molecule has 1 aliphatic heterocycles. The molecule has 2 aromatic carbocycles. The molecule has 0 radical (unpaired) electrons. The van der Waals surface area contributed by atoms with Crippen molar-refractivity contribution in [2.24, 2.45) is 11.1 Å². The molecule has 3 N–H and O–H groups in total. The Morgan fingerprint density at radius 1 is 1.20 bits per heavy atom. The van der Waals surface area contributed by atoms with Gasteiger partial charge in [-0.2, -0.15) is 0 Å². The maximum atomic E-state index is 12.3. The molecule has 0 saturated carbocycles. The van der Waals surface area contributed by atoms with Gasteiger partial charge in [-0.05, 0) is 48.6 Å². The molecule has 0 spiro atoms. The molecular weight excluding hydrogens is 340 g/mol. The van der Waals surface area contributed by atoms with E-state index in [1.54, 1.807) is 6.07 Å². The largest absolute Gasteiger partial charge is 0.493 e. The molecule has 2 aromatic rings. The van der Waals surface area contributed by atoms with Gasteiger partial charge in [-0.15, -0.1) is 0 Å². The first-order chi connectivity index (χ1) is 11.9. The first-order valence-corrected chi connectivity index (χ1v) is 9.60. The van der Waals surface area contributed by atoms with Gasteiger partial charge in [0, 0.05) is 12.1 Å². The summed E-state index contributed by atoms with van der Waals surface area (Å²) in [6.45, 7) is 1.11. The highest BCUT2D eigenvalue weighted by Gasteiger charge is 2.19. The van der Waals surface area contributed by atoms with E-state index in [9.17, 15) is 13.2 Å². The lowest BCUT2D eigenvalue weighted by Crippen LogP contribution is -2.30. The number of hydrogen-bond donors (Lipinski definition) is 2. The molecular formula is C18H20N2O4S. The summed E-state index contributed by atoms with van der Waals surface area (Å²) in [6, 6.07) is 13.6. The monoisotopic (exact) mass is 360 g/mol. The molecule has 25 heavy (non-hydrogen) atoms. The Bertz CT molecular complexity index is 880. The first-order valence-electron chi connectivity index (χ1n) is 8.05. The molecule has 0 aromatic heterocycles. The summed E-state index contributed by atoms with van der Waals surface area (Å²) in [5.41, 5.74) is 1.41. The highest BCUT2D eigenvalue weighted by atomic mass is 32.2. The summed E-state index contributed by atoms with van der Waals surface area (Å²) >= 11 is 0. The van der Waals surface area contributed by atoms with Gasteiger partial charge in [-0.3, -0.25) is 4.79 Å². The average Bonchev–Trinajstić information content (AvgIpc) is 2.81. The lowest BCUT2D eigenvalue weighted by molar-refractivity contribution is 0.0945. The number of primary sulfonamides is 1. The minimum atomic E-state index is -3.83. The third kappa shape index (κ3) is 4.37. The second-order valence-electron chi connectivity index (χ2n) is 6.10. The van der Waals surface area contributed by atoms with Gasteiger partial charge < -0.3 is 10.1 Å². The Labute approximate surface area is 147 Å². The summed E-state index contributed by atoms with van der Waals surface area (Å²) in [5, 5.41) is 7.98. The van der Waals surface area contributed by atoms with E-state index in [4.69, 9.17) is 9.88 Å². The molecule has 1 heterocycles. The standard InChI is InChI=1S/C18H20N2O4S/c19-25(22,23)16-6-3-5-15(11-16)18(21)20-12-13-8-9-24-17-7-2-1-4-14(17)10-13/h1-7,11,13H,8-10,12H2,(H,20,21)(H2,19,22,23)/t13-/m1/s1. The van der Waals surface area contributed by atoms with E-state index in [1.165, 1.54) is 18.2 Å². The number of rotatable bonds is 4. The van der Waals surface area contributed by atoms with Gasteiger partial charge >= 0.3 is 0 Å². The number of benzene rings is 2. The van der Waals surface area contributed by atoms with E-state index in [0.717, 1.165) is 24.2 Å². The number of ether oxygens (including phenoxy) is 1. The number of carbonyl (C=O) groups is 1. The Morgan fingerprint density at radius 3 is 2.80 bits per heavy atom. The molecule has 3 rings (SSSR count). The van der Waals surface area contributed by atoms with Crippen molar-refractivity contribution >= 4 is 15.9 Å². The van der Waals surface area contributed by atoms with Crippen LogP contribution in [0, 0.1) is 5.92 Å². The van der Waals surface area contributed by atoms with Gasteiger partial charge in [-0.25, -0.2) is 13.6 Å². The summed E-state index contributed by atoms with van der Waals surface area (Å²) in [5.74, 6) is 0.843. The maximum absolute atomic E-state index is 12.3. The summed E-state index contributed by atoms with van der Waals surface area (Å²) in [7, 11) is -3.83. The predicted octanol–water partition coefficient (Wildman–Crippen LogP) is 1.71. The van der Waals surface area contributed by atoms with Gasteiger partial charge in [0.2, 0.25) is 10.0 Å². The van der Waals surface area contributed by atoms with Crippen LogP contribution < -0.4 is 15.2 Å². The van der Waals surface area contributed by atoms with Crippen LogP contribution in [-0.4, -0.2) is 27.5 Å². The lowest BCUT2D eigenvalue weighted by Gasteiger charge is -2.15. The fourth-order valence-electron chi connectivity index (χ4n) is 2.89. The maximum Gasteiger partial charge on any atom is 0.251 e. The Morgan fingerprint density at radius 2 is 2.00 bits per heavy atom. The van der Waals surface area contributed by atoms with E-state index >= 15 is 0 Å². The molecule has 0 fully saturated rings. The third-order valence-corrected chi connectivity index (χ3v) is 5.15. The molecule has 0 bridgehead atoms. The van der Waals surface area contributed by atoms with Crippen molar-refractivity contribution < 1.29 is 17.9 Å². The Kier molecular flexibility index (Phi) is 5.06. The van der Waals surface area contributed by atoms with E-state index in [1.807, 2.05) is 24.3 Å². The van der Waals surface area contributed by atoms with Crippen LogP contribution in [-0.2, 0) is 16.4 Å². The fourth-order valence-corrected chi connectivity index (χ4v) is 3.45. The molecule has 1 aliphatic rings. The number of carbonyl (C=O) groups excluding carboxylic acids is 1. The number of nitrogens with two attached hydrogens (primary N) is 1. The highest BCUT2D eigenvalue weighted by Crippen LogP contribution is 2.26. The van der Waals surface area contributed by atoms with Crippen molar-refractivity contribution in [2.75, 3.05) is 13.2 Å².